The van der Waals surface area contributed by atoms with Gasteiger partial charge in [-0.05, 0) is 33.1 Å². The zero-order valence-electron chi connectivity index (χ0n) is 12.2. The van der Waals surface area contributed by atoms with Gasteiger partial charge in [0.1, 0.15) is 6.04 Å². The molecule has 0 saturated carbocycles. The molecule has 6 nitrogen and oxygen atoms in total. The molecule has 6 heteroatoms. The first-order chi connectivity index (χ1) is 9.41. The van der Waals surface area contributed by atoms with E-state index in [-0.39, 0.29) is 12.3 Å². The van der Waals surface area contributed by atoms with Crippen molar-refractivity contribution in [2.24, 2.45) is 7.05 Å². The molecule has 20 heavy (non-hydrogen) atoms. The largest absolute Gasteiger partial charge is 0.480 e. The number of carboxylic acids is 1. The van der Waals surface area contributed by atoms with Crippen LogP contribution in [0.2, 0.25) is 0 Å². The number of aliphatic carboxylic acids is 1. The summed E-state index contributed by atoms with van der Waals surface area (Å²) in [4.78, 5) is 25.2. The molecule has 0 radical (unpaired) electrons. The van der Waals surface area contributed by atoms with Crippen molar-refractivity contribution in [3.63, 3.8) is 0 Å². The number of amides is 1. The summed E-state index contributed by atoms with van der Waals surface area (Å²) in [5.41, 5.74) is 2.70. The third kappa shape index (κ3) is 2.69. The lowest BCUT2D eigenvalue weighted by atomic mass is 10.0. The van der Waals surface area contributed by atoms with E-state index in [0.29, 0.717) is 13.0 Å². The van der Waals surface area contributed by atoms with Gasteiger partial charge in [-0.15, -0.1) is 0 Å². The Hall–Kier alpha value is -1.85. The fourth-order valence-electron chi connectivity index (χ4n) is 2.81. The van der Waals surface area contributed by atoms with Crippen molar-refractivity contribution in [1.82, 2.24) is 14.7 Å². The Morgan fingerprint density at radius 2 is 2.05 bits per heavy atom. The molecule has 1 N–H and O–H groups in total. The van der Waals surface area contributed by atoms with E-state index in [1.165, 1.54) is 4.90 Å². The molecule has 2 rings (SSSR count). The summed E-state index contributed by atoms with van der Waals surface area (Å²) in [5, 5.41) is 13.5. The molecule has 1 saturated heterocycles. The predicted molar refractivity (Wildman–Crippen MR) is 73.4 cm³/mol. The van der Waals surface area contributed by atoms with E-state index in [2.05, 4.69) is 5.10 Å². The summed E-state index contributed by atoms with van der Waals surface area (Å²) in [6.07, 6.45) is 2.52. The zero-order valence-corrected chi connectivity index (χ0v) is 12.2. The minimum atomic E-state index is -0.905. The van der Waals surface area contributed by atoms with Crippen LogP contribution in [-0.4, -0.2) is 44.3 Å². The van der Waals surface area contributed by atoms with Gasteiger partial charge in [0, 0.05) is 24.8 Å². The molecule has 0 aromatic carbocycles. The zero-order chi connectivity index (χ0) is 14.9. The normalized spacial score (nSPS) is 19.1. The van der Waals surface area contributed by atoms with Gasteiger partial charge in [-0.1, -0.05) is 0 Å². The van der Waals surface area contributed by atoms with Crippen molar-refractivity contribution in [2.75, 3.05) is 6.54 Å². The molecule has 0 spiro atoms. The number of piperidine rings is 1. The molecule has 2 heterocycles. The van der Waals surface area contributed by atoms with Gasteiger partial charge in [0.05, 0.1) is 12.1 Å². The van der Waals surface area contributed by atoms with Crippen LogP contribution in [0.3, 0.4) is 0 Å². The first kappa shape index (κ1) is 14.6. The van der Waals surface area contributed by atoms with Gasteiger partial charge in [0.15, 0.2) is 0 Å². The molecule has 1 fully saturated rings. The van der Waals surface area contributed by atoms with Crippen LogP contribution >= 0.6 is 0 Å². The average molecular weight is 279 g/mol. The minimum absolute atomic E-state index is 0.115. The second-order valence-corrected chi connectivity index (χ2v) is 5.39. The van der Waals surface area contributed by atoms with Crippen molar-refractivity contribution in [3.8, 4) is 0 Å². The van der Waals surface area contributed by atoms with Crippen LogP contribution < -0.4 is 0 Å². The number of aryl methyl sites for hydroxylation is 2. The van der Waals surface area contributed by atoms with Crippen molar-refractivity contribution in [2.45, 2.75) is 45.6 Å². The van der Waals surface area contributed by atoms with Gasteiger partial charge in [-0.2, -0.15) is 5.10 Å². The summed E-state index contributed by atoms with van der Waals surface area (Å²) in [5.74, 6) is -1.02. The monoisotopic (exact) mass is 279 g/mol. The minimum Gasteiger partial charge on any atom is -0.480 e. The Labute approximate surface area is 118 Å². The lowest BCUT2D eigenvalue weighted by molar-refractivity contribution is -0.151. The van der Waals surface area contributed by atoms with Gasteiger partial charge in [0.2, 0.25) is 5.91 Å². The smallest absolute Gasteiger partial charge is 0.326 e. The van der Waals surface area contributed by atoms with E-state index in [0.717, 1.165) is 29.8 Å². The highest BCUT2D eigenvalue weighted by atomic mass is 16.4. The van der Waals surface area contributed by atoms with Crippen LogP contribution in [0.1, 0.15) is 36.2 Å². The molecule has 110 valence electrons. The van der Waals surface area contributed by atoms with Crippen LogP contribution in [0.5, 0.6) is 0 Å². The SMILES string of the molecule is Cc1nn(C)c(C)c1CC(=O)N1CCCC[C@@H]1C(=O)O. The maximum Gasteiger partial charge on any atom is 0.326 e. The van der Waals surface area contributed by atoms with Crippen LogP contribution in [0.4, 0.5) is 0 Å². The number of likely N-dealkylation sites (tertiary alicyclic amines) is 1. The van der Waals surface area contributed by atoms with Gasteiger partial charge >= 0.3 is 5.97 Å². The van der Waals surface area contributed by atoms with Crippen molar-refractivity contribution < 1.29 is 14.7 Å². The fraction of sp³-hybridized carbons (Fsp3) is 0.643. The lowest BCUT2D eigenvalue weighted by Crippen LogP contribution is -2.48. The predicted octanol–water partition coefficient (Wildman–Crippen LogP) is 1.05. The molecular weight excluding hydrogens is 258 g/mol. The molecule has 0 aliphatic carbocycles. The van der Waals surface area contributed by atoms with E-state index in [4.69, 9.17) is 0 Å². The average Bonchev–Trinajstić information content (AvgIpc) is 2.65. The summed E-state index contributed by atoms with van der Waals surface area (Å²) in [6.45, 7) is 4.34. The summed E-state index contributed by atoms with van der Waals surface area (Å²) in [6, 6.07) is -0.673. The third-order valence-electron chi connectivity index (χ3n) is 4.10. The molecule has 0 bridgehead atoms. The Bertz CT molecular complexity index is 536. The fourth-order valence-corrected chi connectivity index (χ4v) is 2.81. The van der Waals surface area contributed by atoms with Crippen LogP contribution in [0, 0.1) is 13.8 Å². The van der Waals surface area contributed by atoms with Crippen molar-refractivity contribution in [3.05, 3.63) is 17.0 Å². The molecule has 1 aromatic heterocycles. The standard InChI is InChI=1S/C14H21N3O3/c1-9-11(10(2)16(3)15-9)8-13(18)17-7-5-4-6-12(17)14(19)20/h12H,4-8H2,1-3H3,(H,19,20)/t12-/m1/s1. The van der Waals surface area contributed by atoms with Crippen LogP contribution in [0.25, 0.3) is 0 Å². The second kappa shape index (κ2) is 5.64. The maximum atomic E-state index is 12.4. The quantitative estimate of drug-likeness (QED) is 0.897. The number of carbonyl (C=O) groups excluding carboxylic acids is 1. The Morgan fingerprint density at radius 3 is 2.60 bits per heavy atom. The van der Waals surface area contributed by atoms with E-state index in [1.807, 2.05) is 20.9 Å². The summed E-state index contributed by atoms with van der Waals surface area (Å²) < 4.78 is 1.75. The topological polar surface area (TPSA) is 75.4 Å². The number of hydrogen-bond donors (Lipinski definition) is 1. The summed E-state index contributed by atoms with van der Waals surface area (Å²) in [7, 11) is 1.84. The highest BCUT2D eigenvalue weighted by molar-refractivity contribution is 5.85. The molecular formula is C14H21N3O3. The van der Waals surface area contributed by atoms with E-state index >= 15 is 0 Å². The molecule has 1 aliphatic heterocycles. The second-order valence-electron chi connectivity index (χ2n) is 5.39. The Morgan fingerprint density at radius 1 is 1.35 bits per heavy atom. The van der Waals surface area contributed by atoms with E-state index in [9.17, 15) is 14.7 Å². The van der Waals surface area contributed by atoms with Gasteiger partial charge < -0.3 is 10.0 Å². The molecule has 1 amide bonds. The van der Waals surface area contributed by atoms with E-state index in [1.54, 1.807) is 4.68 Å². The van der Waals surface area contributed by atoms with E-state index < -0.39 is 12.0 Å². The lowest BCUT2D eigenvalue weighted by Gasteiger charge is -2.33. The number of carbonyl (C=O) groups is 2. The Balaban J connectivity index is 2.16. The number of rotatable bonds is 3. The third-order valence-corrected chi connectivity index (χ3v) is 4.10. The molecule has 1 aliphatic rings. The van der Waals surface area contributed by atoms with Gasteiger partial charge in [-0.3, -0.25) is 9.48 Å². The first-order valence-corrected chi connectivity index (χ1v) is 6.93. The number of carboxylic acid groups (broad SMARTS) is 1. The van der Waals surface area contributed by atoms with Crippen LogP contribution in [-0.2, 0) is 23.1 Å². The number of hydrogen-bond acceptors (Lipinski definition) is 3. The Kier molecular flexibility index (Phi) is 4.11. The molecule has 0 unspecified atom stereocenters. The first-order valence-electron chi connectivity index (χ1n) is 6.93. The van der Waals surface area contributed by atoms with Crippen molar-refractivity contribution in [1.29, 1.82) is 0 Å². The highest BCUT2D eigenvalue weighted by Crippen LogP contribution is 2.20. The number of aromatic nitrogens is 2. The maximum absolute atomic E-state index is 12.4. The molecule has 1 aromatic rings. The summed E-state index contributed by atoms with van der Waals surface area (Å²) >= 11 is 0. The molecule has 1 atom stereocenters. The highest BCUT2D eigenvalue weighted by Gasteiger charge is 2.32. The van der Waals surface area contributed by atoms with Crippen molar-refractivity contribution >= 4 is 11.9 Å². The van der Waals surface area contributed by atoms with Crippen LogP contribution in [0.15, 0.2) is 0 Å². The van der Waals surface area contributed by atoms with Gasteiger partial charge in [-0.25, -0.2) is 4.79 Å². The number of nitrogens with zero attached hydrogens (tertiary/aromatic N) is 3. The van der Waals surface area contributed by atoms with Gasteiger partial charge in [0.25, 0.3) is 0 Å².